The van der Waals surface area contributed by atoms with Gasteiger partial charge in [0, 0.05) is 13.1 Å². The molecule has 1 aromatic rings. The molecule has 70 valence electrons. The van der Waals surface area contributed by atoms with Crippen molar-refractivity contribution in [2.75, 3.05) is 25.5 Å². The molecule has 5 heteroatoms. The van der Waals surface area contributed by atoms with Gasteiger partial charge in [-0.25, -0.2) is 9.97 Å². The fraction of sp³-hybridized carbons (Fsp3) is 0.500. The zero-order valence-electron chi connectivity index (χ0n) is 7.37. The minimum atomic E-state index is 0.478. The maximum atomic E-state index is 5.66. The van der Waals surface area contributed by atoms with Crippen LogP contribution in [0.3, 0.4) is 0 Å². The Bertz CT molecular complexity index is 281. The van der Waals surface area contributed by atoms with Gasteiger partial charge in [-0.1, -0.05) is 11.6 Å². The molecule has 0 saturated carbocycles. The summed E-state index contributed by atoms with van der Waals surface area (Å²) in [6, 6.07) is 0.478. The smallest absolute Gasteiger partial charge is 0.222 e. The minimum absolute atomic E-state index is 0.478. The maximum Gasteiger partial charge on any atom is 0.222 e. The predicted molar refractivity (Wildman–Crippen MR) is 51.9 cm³/mol. The Morgan fingerprint density at radius 2 is 2.08 bits per heavy atom. The van der Waals surface area contributed by atoms with Gasteiger partial charge in [0.25, 0.3) is 0 Å². The molecule has 1 saturated heterocycles. The SMILES string of the molecule is CN1CC(Nc2ncc(Cl)cn2)C1. The van der Waals surface area contributed by atoms with E-state index in [2.05, 4.69) is 27.2 Å². The molecule has 0 bridgehead atoms. The van der Waals surface area contributed by atoms with E-state index in [0.717, 1.165) is 13.1 Å². The summed E-state index contributed by atoms with van der Waals surface area (Å²) in [6.45, 7) is 2.10. The van der Waals surface area contributed by atoms with Gasteiger partial charge in [0.05, 0.1) is 23.5 Å². The first-order valence-corrected chi connectivity index (χ1v) is 4.54. The normalized spacial score (nSPS) is 18.3. The summed E-state index contributed by atoms with van der Waals surface area (Å²) >= 11 is 5.66. The molecule has 0 atom stereocenters. The highest BCUT2D eigenvalue weighted by atomic mass is 35.5. The molecule has 1 aromatic heterocycles. The minimum Gasteiger partial charge on any atom is -0.349 e. The zero-order chi connectivity index (χ0) is 9.26. The molecular formula is C8H11ClN4. The zero-order valence-corrected chi connectivity index (χ0v) is 8.12. The van der Waals surface area contributed by atoms with Crippen molar-refractivity contribution < 1.29 is 0 Å². The van der Waals surface area contributed by atoms with Gasteiger partial charge in [-0.15, -0.1) is 0 Å². The van der Waals surface area contributed by atoms with E-state index in [9.17, 15) is 0 Å². The number of likely N-dealkylation sites (N-methyl/N-ethyl adjacent to an activating group) is 1. The van der Waals surface area contributed by atoms with Gasteiger partial charge >= 0.3 is 0 Å². The molecular weight excluding hydrogens is 188 g/mol. The van der Waals surface area contributed by atoms with Crippen LogP contribution in [0.4, 0.5) is 5.95 Å². The van der Waals surface area contributed by atoms with E-state index in [0.29, 0.717) is 17.0 Å². The monoisotopic (exact) mass is 198 g/mol. The summed E-state index contributed by atoms with van der Waals surface area (Å²) in [5, 5.41) is 3.78. The summed E-state index contributed by atoms with van der Waals surface area (Å²) in [4.78, 5) is 10.3. The number of halogens is 1. The Balaban J connectivity index is 1.91. The first-order valence-electron chi connectivity index (χ1n) is 4.16. The predicted octanol–water partition coefficient (Wildman–Crippen LogP) is 0.856. The average molecular weight is 199 g/mol. The first kappa shape index (κ1) is 8.72. The quantitative estimate of drug-likeness (QED) is 0.765. The highest BCUT2D eigenvalue weighted by Crippen LogP contribution is 2.11. The Morgan fingerprint density at radius 3 is 2.62 bits per heavy atom. The number of rotatable bonds is 2. The number of anilines is 1. The summed E-state index contributed by atoms with van der Waals surface area (Å²) in [5.74, 6) is 0.655. The molecule has 1 fully saturated rings. The van der Waals surface area contributed by atoms with Crippen LogP contribution in [0.5, 0.6) is 0 Å². The summed E-state index contributed by atoms with van der Waals surface area (Å²) < 4.78 is 0. The van der Waals surface area contributed by atoms with E-state index < -0.39 is 0 Å². The van der Waals surface area contributed by atoms with E-state index in [1.54, 1.807) is 12.4 Å². The number of likely N-dealkylation sites (tertiary alicyclic amines) is 1. The van der Waals surface area contributed by atoms with Crippen LogP contribution in [-0.4, -0.2) is 41.0 Å². The van der Waals surface area contributed by atoms with Crippen molar-refractivity contribution in [3.63, 3.8) is 0 Å². The summed E-state index contributed by atoms with van der Waals surface area (Å²) in [5.41, 5.74) is 0. The molecule has 0 unspecified atom stereocenters. The van der Waals surface area contributed by atoms with Crippen molar-refractivity contribution in [1.82, 2.24) is 14.9 Å². The van der Waals surface area contributed by atoms with Gasteiger partial charge in [-0.2, -0.15) is 0 Å². The van der Waals surface area contributed by atoms with E-state index in [1.165, 1.54) is 0 Å². The van der Waals surface area contributed by atoms with Crippen LogP contribution >= 0.6 is 11.6 Å². The number of nitrogens with one attached hydrogen (secondary N) is 1. The lowest BCUT2D eigenvalue weighted by Crippen LogP contribution is -2.52. The van der Waals surface area contributed by atoms with E-state index in [1.807, 2.05) is 0 Å². The maximum absolute atomic E-state index is 5.66. The van der Waals surface area contributed by atoms with Crippen LogP contribution in [0.25, 0.3) is 0 Å². The molecule has 0 aromatic carbocycles. The van der Waals surface area contributed by atoms with Crippen LogP contribution in [0.1, 0.15) is 0 Å². The molecule has 4 nitrogen and oxygen atoms in total. The van der Waals surface area contributed by atoms with Crippen LogP contribution in [-0.2, 0) is 0 Å². The lowest BCUT2D eigenvalue weighted by Gasteiger charge is -2.36. The Morgan fingerprint density at radius 1 is 1.46 bits per heavy atom. The molecule has 1 N–H and O–H groups in total. The fourth-order valence-corrected chi connectivity index (χ4v) is 1.46. The lowest BCUT2D eigenvalue weighted by molar-refractivity contribution is 0.204. The molecule has 0 amide bonds. The largest absolute Gasteiger partial charge is 0.349 e. The van der Waals surface area contributed by atoms with Crippen molar-refractivity contribution in [3.8, 4) is 0 Å². The van der Waals surface area contributed by atoms with Gasteiger partial charge in [0.15, 0.2) is 0 Å². The molecule has 0 spiro atoms. The number of hydrogen-bond donors (Lipinski definition) is 1. The molecule has 13 heavy (non-hydrogen) atoms. The van der Waals surface area contributed by atoms with Crippen LogP contribution < -0.4 is 5.32 Å². The van der Waals surface area contributed by atoms with Gasteiger partial charge in [0.1, 0.15) is 0 Å². The fourth-order valence-electron chi connectivity index (χ4n) is 1.36. The second-order valence-corrected chi connectivity index (χ2v) is 3.72. The molecule has 0 aliphatic carbocycles. The van der Waals surface area contributed by atoms with Crippen LogP contribution in [0, 0.1) is 0 Å². The van der Waals surface area contributed by atoms with Crippen molar-refractivity contribution >= 4 is 17.5 Å². The first-order chi connectivity index (χ1) is 6.24. The van der Waals surface area contributed by atoms with Crippen molar-refractivity contribution in [1.29, 1.82) is 0 Å². The number of nitrogens with zero attached hydrogens (tertiary/aromatic N) is 3. The number of hydrogen-bond acceptors (Lipinski definition) is 4. The van der Waals surface area contributed by atoms with E-state index >= 15 is 0 Å². The lowest BCUT2D eigenvalue weighted by atomic mass is 10.1. The molecule has 1 aliphatic heterocycles. The topological polar surface area (TPSA) is 41.0 Å². The van der Waals surface area contributed by atoms with Crippen molar-refractivity contribution in [2.24, 2.45) is 0 Å². The van der Waals surface area contributed by atoms with Gasteiger partial charge < -0.3 is 10.2 Å². The Hall–Kier alpha value is -0.870. The average Bonchev–Trinajstić information content (AvgIpc) is 2.06. The van der Waals surface area contributed by atoms with Gasteiger partial charge in [-0.3, -0.25) is 0 Å². The number of aromatic nitrogens is 2. The molecule has 1 aliphatic rings. The Kier molecular flexibility index (Phi) is 2.33. The van der Waals surface area contributed by atoms with Crippen LogP contribution in [0.2, 0.25) is 5.02 Å². The Labute approximate surface area is 81.9 Å². The highest BCUT2D eigenvalue weighted by Gasteiger charge is 2.23. The summed E-state index contributed by atoms with van der Waals surface area (Å²) in [7, 11) is 2.08. The third-order valence-corrected chi connectivity index (χ3v) is 2.21. The third kappa shape index (κ3) is 2.08. The third-order valence-electron chi connectivity index (χ3n) is 2.02. The highest BCUT2D eigenvalue weighted by molar-refractivity contribution is 6.30. The van der Waals surface area contributed by atoms with Crippen LogP contribution in [0.15, 0.2) is 12.4 Å². The summed E-state index contributed by atoms with van der Waals surface area (Å²) in [6.07, 6.45) is 3.19. The standard InChI is InChI=1S/C8H11ClN4/c1-13-4-7(5-13)12-8-10-2-6(9)3-11-8/h2-3,7H,4-5H2,1H3,(H,10,11,12). The van der Waals surface area contributed by atoms with Crippen molar-refractivity contribution in [2.45, 2.75) is 6.04 Å². The van der Waals surface area contributed by atoms with E-state index in [4.69, 9.17) is 11.6 Å². The second-order valence-electron chi connectivity index (χ2n) is 3.29. The van der Waals surface area contributed by atoms with Gasteiger partial charge in [0.2, 0.25) is 5.95 Å². The molecule has 2 rings (SSSR count). The molecule has 2 heterocycles. The second kappa shape index (κ2) is 3.47. The molecule has 0 radical (unpaired) electrons. The van der Waals surface area contributed by atoms with E-state index in [-0.39, 0.29) is 0 Å². The van der Waals surface area contributed by atoms with Crippen molar-refractivity contribution in [3.05, 3.63) is 17.4 Å². The van der Waals surface area contributed by atoms with Gasteiger partial charge in [-0.05, 0) is 7.05 Å².